The molecule has 0 radical (unpaired) electrons. The van der Waals surface area contributed by atoms with Crippen molar-refractivity contribution < 1.29 is 9.53 Å². The summed E-state index contributed by atoms with van der Waals surface area (Å²) in [6, 6.07) is 12.0. The molecule has 136 valence electrons. The number of carbonyl (C=O) groups is 1. The number of hydrogen-bond acceptors (Lipinski definition) is 5. The number of Topliss-reactive ketones (excluding diaryl/α,β-unsaturated/α-hetero) is 1. The van der Waals surface area contributed by atoms with E-state index < -0.39 is 5.92 Å². The summed E-state index contributed by atoms with van der Waals surface area (Å²) in [5, 5.41) is 14.4. The Bertz CT molecular complexity index is 1040. The molecule has 4 rings (SSSR count). The number of ketones is 1. The minimum absolute atomic E-state index is 0.0211. The Hall–Kier alpha value is -3.33. The van der Waals surface area contributed by atoms with Crippen LogP contribution in [-0.2, 0) is 9.53 Å². The van der Waals surface area contributed by atoms with Crippen LogP contribution in [-0.4, -0.2) is 15.6 Å². The van der Waals surface area contributed by atoms with E-state index in [-0.39, 0.29) is 17.2 Å². The number of nitrogens with two attached hydrogens (primary N) is 1. The summed E-state index contributed by atoms with van der Waals surface area (Å²) < 4.78 is 7.50. The van der Waals surface area contributed by atoms with Gasteiger partial charge in [0.15, 0.2) is 5.78 Å². The molecule has 2 N–H and O–H groups in total. The Morgan fingerprint density at radius 3 is 2.70 bits per heavy atom. The van der Waals surface area contributed by atoms with Crippen molar-refractivity contribution in [2.24, 2.45) is 5.73 Å². The monoisotopic (exact) mass is 360 g/mol. The Morgan fingerprint density at radius 1 is 1.26 bits per heavy atom. The average Bonchev–Trinajstić information content (AvgIpc) is 2.95. The van der Waals surface area contributed by atoms with E-state index in [0.29, 0.717) is 24.2 Å². The van der Waals surface area contributed by atoms with Crippen molar-refractivity contribution in [2.45, 2.75) is 39.0 Å². The molecule has 2 aliphatic rings. The summed E-state index contributed by atoms with van der Waals surface area (Å²) >= 11 is 0. The van der Waals surface area contributed by atoms with Crippen molar-refractivity contribution in [1.29, 1.82) is 5.26 Å². The molecule has 0 fully saturated rings. The number of hydrogen-bond donors (Lipinski definition) is 1. The molecule has 0 saturated carbocycles. The first-order chi connectivity index (χ1) is 13.0. The van der Waals surface area contributed by atoms with Gasteiger partial charge < -0.3 is 10.5 Å². The van der Waals surface area contributed by atoms with Crippen LogP contribution in [0.4, 0.5) is 0 Å². The van der Waals surface area contributed by atoms with Gasteiger partial charge in [-0.2, -0.15) is 10.4 Å². The zero-order valence-corrected chi connectivity index (χ0v) is 15.3. The van der Waals surface area contributed by atoms with Crippen LogP contribution >= 0.6 is 0 Å². The predicted octanol–water partition coefficient (Wildman–Crippen LogP) is 3.30. The predicted molar refractivity (Wildman–Crippen MR) is 99.6 cm³/mol. The third-order valence-corrected chi connectivity index (χ3v) is 5.24. The van der Waals surface area contributed by atoms with Crippen LogP contribution in [0.25, 0.3) is 5.69 Å². The van der Waals surface area contributed by atoms with Gasteiger partial charge in [-0.05, 0) is 32.4 Å². The summed E-state index contributed by atoms with van der Waals surface area (Å²) in [6.45, 7) is 3.85. The van der Waals surface area contributed by atoms with E-state index in [1.54, 1.807) is 0 Å². The molecule has 0 unspecified atom stereocenters. The van der Waals surface area contributed by atoms with Crippen molar-refractivity contribution in [3.8, 4) is 11.8 Å². The summed E-state index contributed by atoms with van der Waals surface area (Å²) in [6.07, 6.45) is 1.85. The van der Waals surface area contributed by atoms with E-state index in [4.69, 9.17) is 10.5 Å². The maximum absolute atomic E-state index is 12.7. The fraction of sp³-hybridized carbons (Fsp3) is 0.286. The second-order valence-corrected chi connectivity index (χ2v) is 6.87. The van der Waals surface area contributed by atoms with Gasteiger partial charge in [0.25, 0.3) is 0 Å². The lowest BCUT2D eigenvalue weighted by molar-refractivity contribution is -0.116. The lowest BCUT2D eigenvalue weighted by atomic mass is 9.77. The highest BCUT2D eigenvalue weighted by molar-refractivity contribution is 5.99. The molecular formula is C21H20N4O2. The van der Waals surface area contributed by atoms with E-state index in [2.05, 4.69) is 11.2 Å². The first kappa shape index (κ1) is 17.1. The maximum atomic E-state index is 12.7. The number of benzene rings is 1. The standard InChI is InChI=1S/C21H20N4O2/c1-12-18(13(2)25(24-12)14-7-4-3-5-8-14)19-15(11-22)21(23)27-17-10-6-9-16(26)20(17)19/h3-5,7-8,19H,6,9-10,23H2,1-2H3/t19-/m1/s1. The maximum Gasteiger partial charge on any atom is 0.205 e. The van der Waals surface area contributed by atoms with E-state index >= 15 is 0 Å². The number of nitriles is 1. The van der Waals surface area contributed by atoms with Crippen LogP contribution in [0.3, 0.4) is 0 Å². The highest BCUT2D eigenvalue weighted by Crippen LogP contribution is 2.45. The molecule has 1 atom stereocenters. The molecule has 0 spiro atoms. The van der Waals surface area contributed by atoms with Crippen molar-refractivity contribution in [3.63, 3.8) is 0 Å². The largest absolute Gasteiger partial charge is 0.444 e. The lowest BCUT2D eigenvalue weighted by Gasteiger charge is -2.31. The number of allylic oxidation sites excluding steroid dienone is 3. The van der Waals surface area contributed by atoms with Gasteiger partial charge in [-0.15, -0.1) is 0 Å². The van der Waals surface area contributed by atoms with Crippen LogP contribution in [0.5, 0.6) is 0 Å². The van der Waals surface area contributed by atoms with Gasteiger partial charge in [0, 0.05) is 29.7 Å². The number of ether oxygens (including phenoxy) is 1. The number of aromatic nitrogens is 2. The Kier molecular flexibility index (Phi) is 4.08. The SMILES string of the molecule is Cc1nn(-c2ccccc2)c(C)c1[C@H]1C(C#N)=C(N)OC2=C1C(=O)CCC2. The second kappa shape index (κ2) is 6.44. The van der Waals surface area contributed by atoms with Crippen LogP contribution in [0.1, 0.15) is 42.1 Å². The number of para-hydroxylation sites is 1. The zero-order chi connectivity index (χ0) is 19.1. The lowest BCUT2D eigenvalue weighted by Crippen LogP contribution is -2.28. The molecular weight excluding hydrogens is 340 g/mol. The van der Waals surface area contributed by atoms with Gasteiger partial charge in [-0.3, -0.25) is 4.79 Å². The van der Waals surface area contributed by atoms with Gasteiger partial charge >= 0.3 is 0 Å². The van der Waals surface area contributed by atoms with Crippen molar-refractivity contribution in [2.75, 3.05) is 0 Å². The van der Waals surface area contributed by atoms with Gasteiger partial charge in [-0.1, -0.05) is 18.2 Å². The van der Waals surface area contributed by atoms with Crippen LogP contribution in [0.15, 0.2) is 53.1 Å². The molecule has 6 nitrogen and oxygen atoms in total. The molecule has 1 aliphatic carbocycles. The Balaban J connectivity index is 1.94. The van der Waals surface area contributed by atoms with Crippen LogP contribution in [0.2, 0.25) is 0 Å². The van der Waals surface area contributed by atoms with Gasteiger partial charge in [0.2, 0.25) is 5.88 Å². The fourth-order valence-electron chi connectivity index (χ4n) is 4.04. The molecule has 0 amide bonds. The van der Waals surface area contributed by atoms with Crippen LogP contribution in [0, 0.1) is 25.2 Å². The van der Waals surface area contributed by atoms with Gasteiger partial charge in [0.05, 0.1) is 17.3 Å². The summed E-state index contributed by atoms with van der Waals surface area (Å²) in [5.74, 6) is 0.179. The smallest absolute Gasteiger partial charge is 0.205 e. The van der Waals surface area contributed by atoms with E-state index in [0.717, 1.165) is 29.1 Å². The number of rotatable bonds is 2. The number of aryl methyl sites for hydroxylation is 1. The summed E-state index contributed by atoms with van der Waals surface area (Å²) in [5.41, 5.74) is 10.3. The number of nitrogens with zero attached hydrogens (tertiary/aromatic N) is 3. The van der Waals surface area contributed by atoms with Crippen LogP contribution < -0.4 is 5.73 Å². The van der Waals surface area contributed by atoms with Gasteiger partial charge in [0.1, 0.15) is 17.4 Å². The second-order valence-electron chi connectivity index (χ2n) is 6.87. The minimum atomic E-state index is -0.524. The Labute approximate surface area is 157 Å². The molecule has 1 aromatic heterocycles. The van der Waals surface area contributed by atoms with Crippen molar-refractivity contribution in [3.05, 3.63) is 70.1 Å². The molecule has 1 aromatic carbocycles. The Morgan fingerprint density at radius 2 is 2.00 bits per heavy atom. The van der Waals surface area contributed by atoms with E-state index in [9.17, 15) is 10.1 Å². The van der Waals surface area contributed by atoms with Gasteiger partial charge in [-0.25, -0.2) is 4.68 Å². The van der Waals surface area contributed by atoms with Crippen molar-refractivity contribution in [1.82, 2.24) is 9.78 Å². The molecule has 1 aliphatic heterocycles. The molecule has 0 bridgehead atoms. The highest BCUT2D eigenvalue weighted by Gasteiger charge is 2.40. The first-order valence-electron chi connectivity index (χ1n) is 8.98. The topological polar surface area (TPSA) is 93.9 Å². The summed E-state index contributed by atoms with van der Waals surface area (Å²) in [7, 11) is 0. The molecule has 6 heteroatoms. The van der Waals surface area contributed by atoms with E-state index in [1.807, 2.05) is 48.9 Å². The normalized spacial score (nSPS) is 19.6. The van der Waals surface area contributed by atoms with E-state index in [1.165, 1.54) is 0 Å². The fourth-order valence-corrected chi connectivity index (χ4v) is 4.04. The third-order valence-electron chi connectivity index (χ3n) is 5.24. The molecule has 27 heavy (non-hydrogen) atoms. The molecule has 0 saturated heterocycles. The highest BCUT2D eigenvalue weighted by atomic mass is 16.5. The minimum Gasteiger partial charge on any atom is -0.444 e. The average molecular weight is 360 g/mol. The first-order valence-corrected chi connectivity index (χ1v) is 8.98. The number of carbonyl (C=O) groups excluding carboxylic acids is 1. The quantitative estimate of drug-likeness (QED) is 0.887. The van der Waals surface area contributed by atoms with Crippen molar-refractivity contribution >= 4 is 5.78 Å². The third kappa shape index (κ3) is 2.63. The summed E-state index contributed by atoms with van der Waals surface area (Å²) in [4.78, 5) is 12.7. The molecule has 2 aromatic rings. The molecule has 2 heterocycles. The zero-order valence-electron chi connectivity index (χ0n) is 15.3.